The van der Waals surface area contributed by atoms with Crippen LogP contribution in [-0.4, -0.2) is 48.0 Å². The minimum atomic E-state index is -0.0504. The first-order valence-corrected chi connectivity index (χ1v) is 10.4. The summed E-state index contributed by atoms with van der Waals surface area (Å²) in [5.74, 6) is 0. The first kappa shape index (κ1) is 19.5. The maximum atomic E-state index is 12.6. The normalized spacial score (nSPS) is 18.4. The Hall–Kier alpha value is -2.24. The quantitative estimate of drug-likeness (QED) is 0.782. The number of anilines is 2. The monoisotopic (exact) mass is 372 g/mol. The van der Waals surface area contributed by atoms with Crippen LogP contribution in [0, 0.1) is 6.92 Å². The van der Waals surface area contributed by atoms with Crippen LogP contribution in [0.2, 0.25) is 0 Å². The van der Waals surface area contributed by atoms with Crippen molar-refractivity contribution in [2.75, 3.05) is 36.8 Å². The van der Waals surface area contributed by atoms with Gasteiger partial charge in [0.15, 0.2) is 0 Å². The molecule has 0 radical (unpaired) electrons. The van der Waals surface area contributed by atoms with Gasteiger partial charge in [-0.05, 0) is 50.3 Å². The van der Waals surface area contributed by atoms with E-state index in [2.05, 4.69) is 10.6 Å². The Bertz CT molecular complexity index is 646. The molecule has 6 heteroatoms. The predicted molar refractivity (Wildman–Crippen MR) is 109 cm³/mol. The van der Waals surface area contributed by atoms with Crippen molar-refractivity contribution in [2.45, 2.75) is 58.3 Å². The number of urea groups is 2. The van der Waals surface area contributed by atoms with Crippen LogP contribution in [0.25, 0.3) is 0 Å². The number of likely N-dealkylation sites (tertiary alicyclic amines) is 2. The standard InChI is InChI=1S/C21H32N4O2/c1-17-10-11-18(22-20(26)24-12-6-2-3-7-13-24)16-19(17)23-21(27)25-14-8-4-5-9-15-25/h10-11,16H,2-9,12-15H2,1H3,(H,22,26)(H,23,27). The van der Waals surface area contributed by atoms with Crippen LogP contribution in [-0.2, 0) is 0 Å². The average Bonchev–Trinajstić information content (AvgIpc) is 3.09. The van der Waals surface area contributed by atoms with Gasteiger partial charge in [-0.15, -0.1) is 0 Å². The van der Waals surface area contributed by atoms with Gasteiger partial charge in [-0.1, -0.05) is 31.7 Å². The van der Waals surface area contributed by atoms with Gasteiger partial charge in [0.25, 0.3) is 0 Å². The van der Waals surface area contributed by atoms with E-state index in [-0.39, 0.29) is 12.1 Å². The highest BCUT2D eigenvalue weighted by Gasteiger charge is 2.18. The molecule has 0 saturated carbocycles. The van der Waals surface area contributed by atoms with Crippen molar-refractivity contribution in [3.63, 3.8) is 0 Å². The molecule has 2 heterocycles. The van der Waals surface area contributed by atoms with Crippen molar-refractivity contribution in [3.05, 3.63) is 23.8 Å². The molecule has 0 aliphatic carbocycles. The highest BCUT2D eigenvalue weighted by atomic mass is 16.2. The molecule has 6 nitrogen and oxygen atoms in total. The molecule has 27 heavy (non-hydrogen) atoms. The molecule has 0 aromatic heterocycles. The van der Waals surface area contributed by atoms with Gasteiger partial charge in [-0.3, -0.25) is 0 Å². The second-order valence-corrected chi connectivity index (χ2v) is 7.69. The number of nitrogens with one attached hydrogen (secondary N) is 2. The lowest BCUT2D eigenvalue weighted by Gasteiger charge is -2.23. The van der Waals surface area contributed by atoms with Crippen LogP contribution in [0.15, 0.2) is 18.2 Å². The summed E-state index contributed by atoms with van der Waals surface area (Å²) in [4.78, 5) is 28.9. The van der Waals surface area contributed by atoms with E-state index in [4.69, 9.17) is 0 Å². The fraction of sp³-hybridized carbons (Fsp3) is 0.619. The van der Waals surface area contributed by atoms with E-state index in [1.807, 2.05) is 34.9 Å². The third-order valence-electron chi connectivity index (χ3n) is 5.52. The minimum absolute atomic E-state index is 0.0454. The zero-order valence-electron chi connectivity index (χ0n) is 16.4. The summed E-state index contributed by atoms with van der Waals surface area (Å²) >= 11 is 0. The second-order valence-electron chi connectivity index (χ2n) is 7.69. The Kier molecular flexibility index (Phi) is 6.96. The molecule has 2 aliphatic heterocycles. The third-order valence-corrected chi connectivity index (χ3v) is 5.52. The van der Waals surface area contributed by atoms with E-state index in [0.29, 0.717) is 0 Å². The Balaban J connectivity index is 1.62. The Morgan fingerprint density at radius 1 is 0.741 bits per heavy atom. The summed E-state index contributed by atoms with van der Waals surface area (Å²) in [6, 6.07) is 5.60. The molecule has 3 rings (SSSR count). The van der Waals surface area contributed by atoms with Crippen LogP contribution in [0.5, 0.6) is 0 Å². The van der Waals surface area contributed by atoms with Crippen LogP contribution in [0.3, 0.4) is 0 Å². The number of carbonyl (C=O) groups is 2. The number of benzene rings is 1. The molecular formula is C21H32N4O2. The smallest absolute Gasteiger partial charge is 0.321 e. The second kappa shape index (κ2) is 9.62. The molecule has 0 atom stereocenters. The molecular weight excluding hydrogens is 340 g/mol. The topological polar surface area (TPSA) is 64.7 Å². The van der Waals surface area contributed by atoms with E-state index in [0.717, 1.165) is 68.8 Å². The van der Waals surface area contributed by atoms with Gasteiger partial charge in [0, 0.05) is 37.6 Å². The van der Waals surface area contributed by atoms with Crippen molar-refractivity contribution >= 4 is 23.4 Å². The largest absolute Gasteiger partial charge is 0.325 e. The number of amides is 4. The van der Waals surface area contributed by atoms with Crippen molar-refractivity contribution in [1.82, 2.24) is 9.80 Å². The van der Waals surface area contributed by atoms with Gasteiger partial charge in [0.1, 0.15) is 0 Å². The zero-order chi connectivity index (χ0) is 19.1. The lowest BCUT2D eigenvalue weighted by Crippen LogP contribution is -2.36. The average molecular weight is 373 g/mol. The molecule has 1 aromatic carbocycles. The van der Waals surface area contributed by atoms with Gasteiger partial charge in [-0.2, -0.15) is 0 Å². The molecule has 2 aliphatic rings. The number of hydrogen-bond donors (Lipinski definition) is 2. The first-order valence-electron chi connectivity index (χ1n) is 10.4. The fourth-order valence-corrected chi connectivity index (χ4v) is 3.78. The Labute approximate surface area is 162 Å². The Morgan fingerprint density at radius 2 is 1.22 bits per heavy atom. The van der Waals surface area contributed by atoms with Crippen molar-refractivity contribution in [2.24, 2.45) is 0 Å². The van der Waals surface area contributed by atoms with E-state index in [1.54, 1.807) is 0 Å². The molecule has 0 spiro atoms. The van der Waals surface area contributed by atoms with Crippen LogP contribution < -0.4 is 10.6 Å². The van der Waals surface area contributed by atoms with Crippen LogP contribution in [0.1, 0.15) is 56.9 Å². The number of carbonyl (C=O) groups excluding carboxylic acids is 2. The lowest BCUT2D eigenvalue weighted by molar-refractivity contribution is 0.213. The van der Waals surface area contributed by atoms with E-state index in [9.17, 15) is 9.59 Å². The third kappa shape index (κ3) is 5.62. The van der Waals surface area contributed by atoms with Gasteiger partial charge in [-0.25, -0.2) is 9.59 Å². The molecule has 2 fully saturated rings. The Morgan fingerprint density at radius 3 is 1.74 bits per heavy atom. The maximum Gasteiger partial charge on any atom is 0.321 e. The summed E-state index contributed by atoms with van der Waals surface area (Å²) in [7, 11) is 0. The van der Waals surface area contributed by atoms with Crippen molar-refractivity contribution < 1.29 is 9.59 Å². The first-order chi connectivity index (χ1) is 13.1. The number of nitrogens with zero attached hydrogens (tertiary/aromatic N) is 2. The van der Waals surface area contributed by atoms with Gasteiger partial charge < -0.3 is 20.4 Å². The molecule has 148 valence electrons. The molecule has 0 bridgehead atoms. The van der Waals surface area contributed by atoms with Gasteiger partial charge in [0.05, 0.1) is 0 Å². The zero-order valence-corrected chi connectivity index (χ0v) is 16.4. The summed E-state index contributed by atoms with van der Waals surface area (Å²) in [6.07, 6.45) is 9.05. The number of aryl methyl sites for hydroxylation is 1. The van der Waals surface area contributed by atoms with E-state index >= 15 is 0 Å². The summed E-state index contributed by atoms with van der Waals surface area (Å²) in [6.45, 7) is 5.23. The summed E-state index contributed by atoms with van der Waals surface area (Å²) in [5.41, 5.74) is 2.48. The number of hydrogen-bond acceptors (Lipinski definition) is 2. The van der Waals surface area contributed by atoms with Crippen molar-refractivity contribution in [3.8, 4) is 0 Å². The fourth-order valence-electron chi connectivity index (χ4n) is 3.78. The molecule has 1 aromatic rings. The van der Waals surface area contributed by atoms with E-state index in [1.165, 1.54) is 25.7 Å². The molecule has 0 unspecified atom stereocenters. The SMILES string of the molecule is Cc1ccc(NC(=O)N2CCCCCC2)cc1NC(=O)N1CCCCCC1. The van der Waals surface area contributed by atoms with Crippen molar-refractivity contribution in [1.29, 1.82) is 0 Å². The molecule has 2 saturated heterocycles. The van der Waals surface area contributed by atoms with Gasteiger partial charge >= 0.3 is 12.1 Å². The van der Waals surface area contributed by atoms with Crippen LogP contribution in [0.4, 0.5) is 21.0 Å². The maximum absolute atomic E-state index is 12.6. The highest BCUT2D eigenvalue weighted by Crippen LogP contribution is 2.22. The summed E-state index contributed by atoms with van der Waals surface area (Å²) in [5, 5.41) is 6.02. The lowest BCUT2D eigenvalue weighted by atomic mass is 10.2. The van der Waals surface area contributed by atoms with E-state index < -0.39 is 0 Å². The summed E-state index contributed by atoms with van der Waals surface area (Å²) < 4.78 is 0. The van der Waals surface area contributed by atoms with Gasteiger partial charge in [0.2, 0.25) is 0 Å². The highest BCUT2D eigenvalue weighted by molar-refractivity contribution is 5.93. The molecule has 2 N–H and O–H groups in total. The van der Waals surface area contributed by atoms with Crippen LogP contribution >= 0.6 is 0 Å². The molecule has 4 amide bonds. The minimum Gasteiger partial charge on any atom is -0.325 e. The number of rotatable bonds is 2. The predicted octanol–water partition coefficient (Wildman–Crippen LogP) is 4.81.